The molecule has 1 fully saturated rings. The Morgan fingerprint density at radius 3 is 3.06 bits per heavy atom. The average molecular weight is 223 g/mol. The molecule has 5 heteroatoms. The molecule has 1 aliphatic heterocycles. The minimum atomic E-state index is 0.624. The molecule has 0 bridgehead atoms. The molecule has 1 aliphatic rings. The smallest absolute Gasteiger partial charge is 0.142 e. The summed E-state index contributed by atoms with van der Waals surface area (Å²) in [6, 6.07) is 0.656. The predicted octanol–water partition coefficient (Wildman–Crippen LogP) is 1.13. The molecule has 4 N–H and O–H groups in total. The molecule has 5 nitrogen and oxygen atoms in total. The van der Waals surface area contributed by atoms with Gasteiger partial charge in [-0.05, 0) is 32.7 Å². The number of nitrogens with zero attached hydrogens (tertiary/aromatic N) is 2. The van der Waals surface area contributed by atoms with Crippen LogP contribution in [0.3, 0.4) is 0 Å². The zero-order chi connectivity index (χ0) is 11.5. The number of nitrogens with one attached hydrogen (secondary N) is 2. The van der Waals surface area contributed by atoms with Crippen LogP contribution in [0.15, 0.2) is 6.20 Å². The molecule has 0 spiro atoms. The highest BCUT2D eigenvalue weighted by Gasteiger charge is 2.23. The van der Waals surface area contributed by atoms with Crippen LogP contribution in [-0.4, -0.2) is 40.8 Å². The number of nitrogen functional groups attached to an aromatic ring is 1. The van der Waals surface area contributed by atoms with Crippen molar-refractivity contribution in [2.24, 2.45) is 5.92 Å². The third-order valence-corrected chi connectivity index (χ3v) is 3.30. The summed E-state index contributed by atoms with van der Waals surface area (Å²) in [5, 5.41) is 9.96. The van der Waals surface area contributed by atoms with Crippen LogP contribution < -0.4 is 11.1 Å². The fourth-order valence-electron chi connectivity index (χ4n) is 2.19. The number of aromatic amines is 1. The Morgan fingerprint density at radius 1 is 1.69 bits per heavy atom. The zero-order valence-corrected chi connectivity index (χ0v) is 10.0. The maximum absolute atomic E-state index is 5.71. The third-order valence-electron chi connectivity index (χ3n) is 3.30. The fourth-order valence-corrected chi connectivity index (χ4v) is 2.19. The molecule has 1 saturated heterocycles. The Kier molecular flexibility index (Phi) is 3.33. The van der Waals surface area contributed by atoms with Gasteiger partial charge >= 0.3 is 0 Å². The van der Waals surface area contributed by atoms with Crippen molar-refractivity contribution in [1.82, 2.24) is 15.1 Å². The van der Waals surface area contributed by atoms with Gasteiger partial charge in [-0.3, -0.25) is 5.10 Å². The summed E-state index contributed by atoms with van der Waals surface area (Å²) >= 11 is 0. The van der Waals surface area contributed by atoms with E-state index >= 15 is 0 Å². The van der Waals surface area contributed by atoms with Crippen LogP contribution in [-0.2, 0) is 0 Å². The number of anilines is 2. The van der Waals surface area contributed by atoms with E-state index in [0.717, 1.165) is 18.2 Å². The minimum absolute atomic E-state index is 0.624. The summed E-state index contributed by atoms with van der Waals surface area (Å²) in [5.41, 5.74) is 6.63. The van der Waals surface area contributed by atoms with Gasteiger partial charge in [-0.1, -0.05) is 0 Å². The molecule has 0 aromatic carbocycles. The summed E-state index contributed by atoms with van der Waals surface area (Å²) in [5.74, 6) is 1.34. The Balaban J connectivity index is 1.78. The molecule has 1 aromatic rings. The van der Waals surface area contributed by atoms with Crippen molar-refractivity contribution in [2.75, 3.05) is 30.7 Å². The van der Waals surface area contributed by atoms with Gasteiger partial charge in [-0.15, -0.1) is 0 Å². The summed E-state index contributed by atoms with van der Waals surface area (Å²) in [4.78, 5) is 2.52. The average Bonchev–Trinajstić information content (AvgIpc) is 2.83. The molecule has 0 radical (unpaired) electrons. The monoisotopic (exact) mass is 223 g/mol. The van der Waals surface area contributed by atoms with Gasteiger partial charge in [0.25, 0.3) is 0 Å². The van der Waals surface area contributed by atoms with Crippen LogP contribution in [0.5, 0.6) is 0 Å². The minimum Gasteiger partial charge on any atom is -0.382 e. The normalized spacial score (nSPS) is 21.8. The SMILES string of the molecule is CC(C)N1CCC(CNc2cn[nH]c2N)C1. The van der Waals surface area contributed by atoms with Crippen molar-refractivity contribution in [3.63, 3.8) is 0 Å². The highest BCUT2D eigenvalue weighted by atomic mass is 15.2. The van der Waals surface area contributed by atoms with E-state index in [-0.39, 0.29) is 0 Å². The van der Waals surface area contributed by atoms with E-state index in [1.807, 2.05) is 0 Å². The highest BCUT2D eigenvalue weighted by Crippen LogP contribution is 2.20. The third kappa shape index (κ3) is 2.47. The number of aromatic nitrogens is 2. The van der Waals surface area contributed by atoms with Crippen LogP contribution >= 0.6 is 0 Å². The van der Waals surface area contributed by atoms with Gasteiger partial charge in [0.2, 0.25) is 0 Å². The molecule has 0 aliphatic carbocycles. The maximum Gasteiger partial charge on any atom is 0.142 e. The van der Waals surface area contributed by atoms with Crippen LogP contribution in [0.4, 0.5) is 11.5 Å². The van der Waals surface area contributed by atoms with Crippen molar-refractivity contribution < 1.29 is 0 Å². The van der Waals surface area contributed by atoms with Crippen LogP contribution in [0.2, 0.25) is 0 Å². The molecule has 1 atom stereocenters. The lowest BCUT2D eigenvalue weighted by Crippen LogP contribution is -2.29. The molecule has 2 heterocycles. The van der Waals surface area contributed by atoms with E-state index in [4.69, 9.17) is 5.73 Å². The summed E-state index contributed by atoms with van der Waals surface area (Å²) in [7, 11) is 0. The van der Waals surface area contributed by atoms with Crippen LogP contribution in [0.1, 0.15) is 20.3 Å². The zero-order valence-electron chi connectivity index (χ0n) is 10.0. The molecule has 2 rings (SSSR count). The van der Waals surface area contributed by atoms with E-state index in [0.29, 0.717) is 11.9 Å². The summed E-state index contributed by atoms with van der Waals surface area (Å²) in [6.07, 6.45) is 3.01. The molecule has 90 valence electrons. The lowest BCUT2D eigenvalue weighted by atomic mass is 10.1. The first kappa shape index (κ1) is 11.3. The summed E-state index contributed by atoms with van der Waals surface area (Å²) in [6.45, 7) is 7.88. The van der Waals surface area contributed by atoms with E-state index in [9.17, 15) is 0 Å². The molecular formula is C11H21N5. The van der Waals surface area contributed by atoms with Crippen molar-refractivity contribution in [2.45, 2.75) is 26.3 Å². The number of nitrogens with two attached hydrogens (primary N) is 1. The van der Waals surface area contributed by atoms with Gasteiger partial charge in [0.1, 0.15) is 5.82 Å². The number of likely N-dealkylation sites (tertiary alicyclic amines) is 1. The first-order chi connectivity index (χ1) is 7.66. The second-order valence-electron chi connectivity index (χ2n) is 4.82. The Hall–Kier alpha value is -1.23. The van der Waals surface area contributed by atoms with Gasteiger partial charge < -0.3 is 16.0 Å². The molecule has 16 heavy (non-hydrogen) atoms. The first-order valence-electron chi connectivity index (χ1n) is 5.93. The van der Waals surface area contributed by atoms with Gasteiger partial charge in [-0.25, -0.2) is 0 Å². The quantitative estimate of drug-likeness (QED) is 0.716. The van der Waals surface area contributed by atoms with Gasteiger partial charge in [0.15, 0.2) is 0 Å². The van der Waals surface area contributed by atoms with E-state index in [1.54, 1.807) is 6.20 Å². The van der Waals surface area contributed by atoms with E-state index in [1.165, 1.54) is 19.5 Å². The highest BCUT2D eigenvalue weighted by molar-refractivity contribution is 5.59. The Labute approximate surface area is 96.4 Å². The molecule has 1 aromatic heterocycles. The van der Waals surface area contributed by atoms with Crippen molar-refractivity contribution >= 4 is 11.5 Å². The number of hydrogen-bond acceptors (Lipinski definition) is 4. The maximum atomic E-state index is 5.71. The number of hydrogen-bond donors (Lipinski definition) is 3. The van der Waals surface area contributed by atoms with Crippen molar-refractivity contribution in [1.29, 1.82) is 0 Å². The molecule has 0 amide bonds. The summed E-state index contributed by atoms with van der Waals surface area (Å²) < 4.78 is 0. The second-order valence-corrected chi connectivity index (χ2v) is 4.82. The van der Waals surface area contributed by atoms with Crippen molar-refractivity contribution in [3.8, 4) is 0 Å². The van der Waals surface area contributed by atoms with Crippen LogP contribution in [0, 0.1) is 5.92 Å². The predicted molar refractivity (Wildman–Crippen MR) is 66.3 cm³/mol. The van der Waals surface area contributed by atoms with Gasteiger partial charge in [0, 0.05) is 19.1 Å². The van der Waals surface area contributed by atoms with Gasteiger partial charge in [0.05, 0.1) is 11.9 Å². The largest absolute Gasteiger partial charge is 0.382 e. The second kappa shape index (κ2) is 4.74. The number of H-pyrrole nitrogens is 1. The van der Waals surface area contributed by atoms with E-state index in [2.05, 4.69) is 34.3 Å². The molecular weight excluding hydrogens is 202 g/mol. The lowest BCUT2D eigenvalue weighted by molar-refractivity contribution is 0.266. The van der Waals surface area contributed by atoms with Gasteiger partial charge in [-0.2, -0.15) is 5.10 Å². The number of rotatable bonds is 4. The van der Waals surface area contributed by atoms with E-state index < -0.39 is 0 Å². The Morgan fingerprint density at radius 2 is 2.50 bits per heavy atom. The van der Waals surface area contributed by atoms with Crippen molar-refractivity contribution in [3.05, 3.63) is 6.20 Å². The fraction of sp³-hybridized carbons (Fsp3) is 0.727. The molecule has 0 saturated carbocycles. The topological polar surface area (TPSA) is 70.0 Å². The van der Waals surface area contributed by atoms with Crippen LogP contribution in [0.25, 0.3) is 0 Å². The molecule has 1 unspecified atom stereocenters. The first-order valence-corrected chi connectivity index (χ1v) is 5.93. The Bertz CT molecular complexity index is 333. The lowest BCUT2D eigenvalue weighted by Gasteiger charge is -2.20. The standard InChI is InChI=1S/C11H21N5/c1-8(2)16-4-3-9(7-16)5-13-10-6-14-15-11(10)12/h6,8-9,13H,3-5,7H2,1-2H3,(H3,12,14,15).